The van der Waals surface area contributed by atoms with Gasteiger partial charge in [-0.25, -0.2) is 0 Å². The van der Waals surface area contributed by atoms with Crippen LogP contribution in [0.4, 0.5) is 0 Å². The molecule has 0 aromatic rings. The molecule has 20 heavy (non-hydrogen) atoms. The Morgan fingerprint density at radius 1 is 1.00 bits per heavy atom. The van der Waals surface area contributed by atoms with E-state index < -0.39 is 0 Å². The highest BCUT2D eigenvalue weighted by Crippen LogP contribution is 2.38. The molecule has 0 aromatic carbocycles. The summed E-state index contributed by atoms with van der Waals surface area (Å²) in [5.41, 5.74) is 0.675. The number of likely N-dealkylation sites (tertiary alicyclic amines) is 1. The Hall–Kier alpha value is -0.0800. The summed E-state index contributed by atoms with van der Waals surface area (Å²) in [6.07, 6.45) is 10.5. The van der Waals surface area contributed by atoms with Crippen molar-refractivity contribution >= 4 is 0 Å². The lowest BCUT2D eigenvalue weighted by Gasteiger charge is -2.43. The first kappa shape index (κ1) is 16.3. The second kappa shape index (κ2) is 6.79. The van der Waals surface area contributed by atoms with E-state index in [9.17, 15) is 5.11 Å². The molecule has 1 aliphatic heterocycles. The molecular weight excluding hydrogens is 246 g/mol. The van der Waals surface area contributed by atoms with Crippen molar-refractivity contribution in [1.82, 2.24) is 4.90 Å². The van der Waals surface area contributed by atoms with Crippen molar-refractivity contribution < 1.29 is 5.11 Å². The number of rotatable bonds is 3. The van der Waals surface area contributed by atoms with Crippen molar-refractivity contribution in [2.24, 2.45) is 16.7 Å². The lowest BCUT2D eigenvalue weighted by atomic mass is 9.74. The molecule has 2 fully saturated rings. The van der Waals surface area contributed by atoms with Gasteiger partial charge in [-0.05, 0) is 50.1 Å². The molecule has 0 spiro atoms. The van der Waals surface area contributed by atoms with Crippen LogP contribution in [-0.2, 0) is 0 Å². The third-order valence-corrected chi connectivity index (χ3v) is 5.87. The van der Waals surface area contributed by atoms with E-state index in [2.05, 4.69) is 25.7 Å². The predicted molar refractivity (Wildman–Crippen MR) is 85.8 cm³/mol. The van der Waals surface area contributed by atoms with Crippen LogP contribution >= 0.6 is 0 Å². The Labute approximate surface area is 125 Å². The van der Waals surface area contributed by atoms with Gasteiger partial charge in [-0.15, -0.1) is 0 Å². The Balaban J connectivity index is 1.87. The van der Waals surface area contributed by atoms with Crippen LogP contribution in [-0.4, -0.2) is 36.2 Å². The monoisotopic (exact) mass is 281 g/mol. The Morgan fingerprint density at radius 2 is 1.55 bits per heavy atom. The summed E-state index contributed by atoms with van der Waals surface area (Å²) in [4.78, 5) is 2.64. The zero-order chi connectivity index (χ0) is 14.6. The minimum absolute atomic E-state index is 0.213. The highest BCUT2D eigenvalue weighted by molar-refractivity contribution is 4.87. The van der Waals surface area contributed by atoms with Gasteiger partial charge in [0.15, 0.2) is 0 Å². The quantitative estimate of drug-likeness (QED) is 0.788. The van der Waals surface area contributed by atoms with Gasteiger partial charge in [0, 0.05) is 18.6 Å². The van der Waals surface area contributed by atoms with Crippen molar-refractivity contribution in [1.29, 1.82) is 0 Å². The van der Waals surface area contributed by atoms with Crippen LogP contribution in [0.2, 0.25) is 0 Å². The van der Waals surface area contributed by atoms with Gasteiger partial charge in [-0.2, -0.15) is 0 Å². The largest absolute Gasteiger partial charge is 0.396 e. The lowest BCUT2D eigenvalue weighted by molar-refractivity contribution is 0.0322. The van der Waals surface area contributed by atoms with Gasteiger partial charge in [0.1, 0.15) is 0 Å². The fourth-order valence-corrected chi connectivity index (χ4v) is 4.28. The van der Waals surface area contributed by atoms with Gasteiger partial charge in [0.2, 0.25) is 0 Å². The first-order chi connectivity index (χ1) is 9.45. The molecular formula is C18H35NO. The van der Waals surface area contributed by atoms with Gasteiger partial charge < -0.3 is 10.0 Å². The molecule has 0 amide bonds. The fourth-order valence-electron chi connectivity index (χ4n) is 4.28. The first-order valence-electron chi connectivity index (χ1n) is 8.78. The number of aliphatic hydroxyl groups excluding tert-OH is 1. The van der Waals surface area contributed by atoms with Gasteiger partial charge >= 0.3 is 0 Å². The highest BCUT2D eigenvalue weighted by atomic mass is 16.3. The van der Waals surface area contributed by atoms with Crippen molar-refractivity contribution in [3.63, 3.8) is 0 Å². The number of aliphatic hydroxyl groups is 1. The molecule has 1 aliphatic carbocycles. The fraction of sp³-hybridized carbons (Fsp3) is 1.00. The summed E-state index contributed by atoms with van der Waals surface area (Å²) < 4.78 is 0. The SMILES string of the molecule is CC(C)(C)C1CCN(CC2(CO)CCCCCC2)CC1. The second-order valence-electron chi connectivity index (χ2n) is 8.49. The van der Waals surface area contributed by atoms with Crippen LogP contribution in [0.1, 0.15) is 72.1 Å². The van der Waals surface area contributed by atoms with Gasteiger partial charge in [-0.1, -0.05) is 46.5 Å². The van der Waals surface area contributed by atoms with E-state index in [0.29, 0.717) is 12.0 Å². The third kappa shape index (κ3) is 4.21. The molecule has 118 valence electrons. The third-order valence-electron chi connectivity index (χ3n) is 5.87. The summed E-state index contributed by atoms with van der Waals surface area (Å²) in [6, 6.07) is 0. The summed E-state index contributed by atoms with van der Waals surface area (Å²) in [7, 11) is 0. The van der Waals surface area contributed by atoms with Gasteiger partial charge in [0.25, 0.3) is 0 Å². The Kier molecular flexibility index (Phi) is 5.53. The highest BCUT2D eigenvalue weighted by Gasteiger charge is 2.35. The molecule has 0 radical (unpaired) electrons. The normalized spacial score (nSPS) is 26.4. The zero-order valence-corrected chi connectivity index (χ0v) is 14.0. The lowest BCUT2D eigenvalue weighted by Crippen LogP contribution is -2.45. The van der Waals surface area contributed by atoms with E-state index in [-0.39, 0.29) is 5.41 Å². The number of hydrogen-bond donors (Lipinski definition) is 1. The molecule has 2 heteroatoms. The molecule has 2 rings (SSSR count). The van der Waals surface area contributed by atoms with Crippen LogP contribution in [0.5, 0.6) is 0 Å². The van der Waals surface area contributed by atoms with E-state index in [1.807, 2.05) is 0 Å². The summed E-state index contributed by atoms with van der Waals surface area (Å²) >= 11 is 0. The number of nitrogens with zero attached hydrogens (tertiary/aromatic N) is 1. The van der Waals surface area contributed by atoms with Crippen LogP contribution in [0.15, 0.2) is 0 Å². The molecule has 0 unspecified atom stereocenters. The molecule has 0 atom stereocenters. The van der Waals surface area contributed by atoms with E-state index in [0.717, 1.165) is 12.5 Å². The van der Waals surface area contributed by atoms with E-state index in [1.165, 1.54) is 64.5 Å². The maximum absolute atomic E-state index is 9.95. The molecule has 1 N–H and O–H groups in total. The summed E-state index contributed by atoms with van der Waals surface area (Å²) in [5.74, 6) is 0.873. The minimum Gasteiger partial charge on any atom is -0.396 e. The molecule has 1 heterocycles. The molecule has 2 aliphatic rings. The molecule has 2 nitrogen and oxygen atoms in total. The van der Waals surface area contributed by atoms with Crippen LogP contribution in [0, 0.1) is 16.7 Å². The van der Waals surface area contributed by atoms with Crippen LogP contribution in [0.25, 0.3) is 0 Å². The zero-order valence-electron chi connectivity index (χ0n) is 14.0. The average molecular weight is 281 g/mol. The molecule has 0 bridgehead atoms. The number of hydrogen-bond acceptors (Lipinski definition) is 2. The smallest absolute Gasteiger partial charge is 0.0499 e. The Bertz CT molecular complexity index is 278. The van der Waals surface area contributed by atoms with E-state index in [1.54, 1.807) is 0 Å². The Morgan fingerprint density at radius 3 is 2.00 bits per heavy atom. The van der Waals surface area contributed by atoms with Crippen molar-refractivity contribution in [2.45, 2.75) is 72.1 Å². The standard InChI is InChI=1S/C18H35NO/c1-17(2,3)16-8-12-19(13-9-16)14-18(15-20)10-6-4-5-7-11-18/h16,20H,4-15H2,1-3H3. The summed E-state index contributed by atoms with van der Waals surface area (Å²) in [5, 5.41) is 9.95. The van der Waals surface area contributed by atoms with Crippen molar-refractivity contribution in [3.8, 4) is 0 Å². The molecule has 0 aromatic heterocycles. The summed E-state index contributed by atoms with van der Waals surface area (Å²) in [6.45, 7) is 11.2. The minimum atomic E-state index is 0.213. The molecule has 1 saturated heterocycles. The maximum Gasteiger partial charge on any atom is 0.0499 e. The van der Waals surface area contributed by atoms with E-state index in [4.69, 9.17) is 0 Å². The average Bonchev–Trinajstić information content (AvgIpc) is 2.64. The topological polar surface area (TPSA) is 23.5 Å². The maximum atomic E-state index is 9.95. The van der Waals surface area contributed by atoms with Crippen molar-refractivity contribution in [2.75, 3.05) is 26.2 Å². The van der Waals surface area contributed by atoms with Crippen molar-refractivity contribution in [3.05, 3.63) is 0 Å². The van der Waals surface area contributed by atoms with Gasteiger partial charge in [0.05, 0.1) is 0 Å². The van der Waals surface area contributed by atoms with Gasteiger partial charge in [-0.3, -0.25) is 0 Å². The van der Waals surface area contributed by atoms with Crippen LogP contribution in [0.3, 0.4) is 0 Å². The van der Waals surface area contributed by atoms with Crippen LogP contribution < -0.4 is 0 Å². The number of piperidine rings is 1. The first-order valence-corrected chi connectivity index (χ1v) is 8.78. The van der Waals surface area contributed by atoms with E-state index >= 15 is 0 Å². The second-order valence-corrected chi connectivity index (χ2v) is 8.49. The predicted octanol–water partition coefficient (Wildman–Crippen LogP) is 4.08. The molecule has 1 saturated carbocycles.